The Morgan fingerprint density at radius 2 is 1.85 bits per heavy atom. The highest BCUT2D eigenvalue weighted by atomic mass is 19.2. The molecule has 2 fully saturated rings. The van der Waals surface area contributed by atoms with E-state index in [-0.39, 0.29) is 11.1 Å². The van der Waals surface area contributed by atoms with Crippen LogP contribution in [0.15, 0.2) is 12.1 Å². The van der Waals surface area contributed by atoms with Crippen LogP contribution >= 0.6 is 0 Å². The molecule has 20 heavy (non-hydrogen) atoms. The van der Waals surface area contributed by atoms with E-state index in [4.69, 9.17) is 0 Å². The molecule has 2 unspecified atom stereocenters. The molecule has 110 valence electrons. The molecule has 0 saturated carbocycles. The van der Waals surface area contributed by atoms with Gasteiger partial charge in [0.05, 0.1) is 0 Å². The molecule has 0 aliphatic carbocycles. The van der Waals surface area contributed by atoms with Crippen LogP contribution < -0.4 is 5.32 Å². The van der Waals surface area contributed by atoms with Crippen LogP contribution in [-0.2, 0) is 6.54 Å². The third-order valence-electron chi connectivity index (χ3n) is 4.97. The maximum atomic E-state index is 13.8. The lowest BCUT2D eigenvalue weighted by molar-refractivity contribution is 0.130. The monoisotopic (exact) mass is 284 g/mol. The molecule has 1 N–H and O–H groups in total. The average Bonchev–Trinajstić information content (AvgIpc) is 2.91. The molecule has 2 nitrogen and oxygen atoms in total. The topological polar surface area (TPSA) is 15.3 Å². The number of rotatable bonds is 2. The van der Waals surface area contributed by atoms with Gasteiger partial charge >= 0.3 is 0 Å². The fraction of sp³-hybridized carbons (Fsp3) is 0.600. The molecule has 1 aromatic carbocycles. The number of nitrogens with one attached hydrogen (secondary N) is 1. The number of benzene rings is 1. The number of likely N-dealkylation sites (tertiary alicyclic amines) is 1. The minimum absolute atomic E-state index is 0.0640. The van der Waals surface area contributed by atoms with Crippen molar-refractivity contribution in [3.8, 4) is 0 Å². The van der Waals surface area contributed by atoms with Gasteiger partial charge in [-0.15, -0.1) is 0 Å². The van der Waals surface area contributed by atoms with Gasteiger partial charge in [0.2, 0.25) is 0 Å². The molecule has 2 aliphatic rings. The fourth-order valence-corrected chi connectivity index (χ4v) is 3.66. The summed E-state index contributed by atoms with van der Waals surface area (Å²) >= 11 is 0. The molecule has 0 spiro atoms. The molecule has 3 rings (SSSR count). The van der Waals surface area contributed by atoms with E-state index in [0.717, 1.165) is 25.7 Å². The minimum atomic E-state index is -1.13. The summed E-state index contributed by atoms with van der Waals surface area (Å²) in [6, 6.07) is 1.61. The van der Waals surface area contributed by atoms with E-state index in [1.807, 2.05) is 0 Å². The van der Waals surface area contributed by atoms with Gasteiger partial charge in [-0.05, 0) is 38.3 Å². The lowest BCUT2D eigenvalue weighted by Crippen LogP contribution is -2.44. The second kappa shape index (κ2) is 4.74. The normalized spacial score (nSPS) is 28.9. The van der Waals surface area contributed by atoms with E-state index in [0.29, 0.717) is 24.4 Å². The lowest BCUT2D eigenvalue weighted by Gasteiger charge is -2.35. The first-order valence-corrected chi connectivity index (χ1v) is 6.99. The Bertz CT molecular complexity index is 530. The highest BCUT2D eigenvalue weighted by molar-refractivity contribution is 5.21. The smallest absolute Gasteiger partial charge is 0.161 e. The molecular weight excluding hydrogens is 265 g/mol. The molecule has 0 aromatic heterocycles. The summed E-state index contributed by atoms with van der Waals surface area (Å²) in [7, 11) is 0. The SMILES string of the molecule is CC1(C)C2CNCC2CN1Cc1cc(F)c(F)cc1F. The molecule has 0 bridgehead atoms. The molecule has 2 atom stereocenters. The molecule has 2 heterocycles. The number of fused-ring (bicyclic) bond motifs is 1. The fourth-order valence-electron chi connectivity index (χ4n) is 3.66. The van der Waals surface area contributed by atoms with Crippen LogP contribution in [0.2, 0.25) is 0 Å². The largest absolute Gasteiger partial charge is 0.316 e. The first-order valence-electron chi connectivity index (χ1n) is 6.99. The van der Waals surface area contributed by atoms with Gasteiger partial charge in [0.1, 0.15) is 5.82 Å². The quantitative estimate of drug-likeness (QED) is 0.840. The first-order chi connectivity index (χ1) is 9.39. The van der Waals surface area contributed by atoms with Crippen LogP contribution in [0.1, 0.15) is 19.4 Å². The van der Waals surface area contributed by atoms with Gasteiger partial charge in [0.15, 0.2) is 11.6 Å². The van der Waals surface area contributed by atoms with E-state index in [2.05, 4.69) is 24.1 Å². The predicted octanol–water partition coefficient (Wildman–Crippen LogP) is 2.53. The molecule has 0 amide bonds. The molecule has 1 aromatic rings. The average molecular weight is 284 g/mol. The van der Waals surface area contributed by atoms with Gasteiger partial charge < -0.3 is 5.32 Å². The molecular formula is C15H19F3N2. The first kappa shape index (κ1) is 13.9. The van der Waals surface area contributed by atoms with Crippen molar-refractivity contribution < 1.29 is 13.2 Å². The summed E-state index contributed by atoms with van der Waals surface area (Å²) in [5.41, 5.74) is 0.163. The van der Waals surface area contributed by atoms with Crippen LogP contribution in [-0.4, -0.2) is 30.1 Å². The van der Waals surface area contributed by atoms with Gasteiger partial charge in [0, 0.05) is 36.8 Å². The predicted molar refractivity (Wildman–Crippen MR) is 70.7 cm³/mol. The van der Waals surface area contributed by atoms with E-state index in [9.17, 15) is 13.2 Å². The van der Waals surface area contributed by atoms with Crippen LogP contribution in [0, 0.1) is 29.3 Å². The maximum absolute atomic E-state index is 13.8. The highest BCUT2D eigenvalue weighted by Crippen LogP contribution is 2.41. The summed E-state index contributed by atoms with van der Waals surface area (Å²) in [5, 5.41) is 3.38. The maximum Gasteiger partial charge on any atom is 0.161 e. The second-order valence-electron chi connectivity index (χ2n) is 6.42. The van der Waals surface area contributed by atoms with Crippen LogP contribution in [0.4, 0.5) is 13.2 Å². The van der Waals surface area contributed by atoms with Gasteiger partial charge in [0.25, 0.3) is 0 Å². The van der Waals surface area contributed by atoms with Gasteiger partial charge in [-0.2, -0.15) is 0 Å². The lowest BCUT2D eigenvalue weighted by atomic mass is 9.85. The Kier molecular flexibility index (Phi) is 3.29. The summed E-state index contributed by atoms with van der Waals surface area (Å²) in [4.78, 5) is 2.18. The van der Waals surface area contributed by atoms with Gasteiger partial charge in [-0.1, -0.05) is 0 Å². The molecule has 5 heteroatoms. The Morgan fingerprint density at radius 1 is 1.15 bits per heavy atom. The highest BCUT2D eigenvalue weighted by Gasteiger charge is 2.49. The van der Waals surface area contributed by atoms with Crippen LogP contribution in [0.25, 0.3) is 0 Å². The number of nitrogens with zero attached hydrogens (tertiary/aromatic N) is 1. The van der Waals surface area contributed by atoms with Crippen molar-refractivity contribution in [2.45, 2.75) is 25.9 Å². The standard InChI is InChI=1S/C15H19F3N2/c1-15(2)11-6-19-5-10(11)8-20(15)7-9-3-13(17)14(18)4-12(9)16/h3-4,10-11,19H,5-8H2,1-2H3. The van der Waals surface area contributed by atoms with Crippen molar-refractivity contribution in [1.82, 2.24) is 10.2 Å². The third kappa shape index (κ3) is 2.13. The van der Waals surface area contributed by atoms with Crippen molar-refractivity contribution in [1.29, 1.82) is 0 Å². The Balaban J connectivity index is 1.83. The van der Waals surface area contributed by atoms with Crippen molar-refractivity contribution >= 4 is 0 Å². The molecule has 2 aliphatic heterocycles. The second-order valence-corrected chi connectivity index (χ2v) is 6.42. The van der Waals surface area contributed by atoms with Crippen molar-refractivity contribution in [2.24, 2.45) is 11.8 Å². The Morgan fingerprint density at radius 3 is 2.55 bits per heavy atom. The molecule has 2 saturated heterocycles. The summed E-state index contributed by atoms with van der Waals surface area (Å²) in [5.74, 6) is -1.71. The summed E-state index contributed by atoms with van der Waals surface area (Å²) < 4.78 is 40.0. The summed E-state index contributed by atoms with van der Waals surface area (Å²) in [6.07, 6.45) is 0. The van der Waals surface area contributed by atoms with E-state index < -0.39 is 17.5 Å². The molecule has 0 radical (unpaired) electrons. The third-order valence-corrected chi connectivity index (χ3v) is 4.97. The summed E-state index contributed by atoms with van der Waals surface area (Å²) in [6.45, 7) is 7.41. The zero-order valence-corrected chi connectivity index (χ0v) is 11.7. The van der Waals surface area contributed by atoms with Gasteiger partial charge in [-0.3, -0.25) is 4.90 Å². The van der Waals surface area contributed by atoms with Crippen molar-refractivity contribution in [2.75, 3.05) is 19.6 Å². The zero-order valence-electron chi connectivity index (χ0n) is 11.7. The zero-order chi connectivity index (χ0) is 14.5. The van der Waals surface area contributed by atoms with E-state index >= 15 is 0 Å². The minimum Gasteiger partial charge on any atom is -0.316 e. The van der Waals surface area contributed by atoms with E-state index in [1.165, 1.54) is 0 Å². The Labute approximate surface area is 117 Å². The van der Waals surface area contributed by atoms with Crippen molar-refractivity contribution in [3.63, 3.8) is 0 Å². The Hall–Kier alpha value is -1.07. The number of halogens is 3. The van der Waals surface area contributed by atoms with Gasteiger partial charge in [-0.25, -0.2) is 13.2 Å². The van der Waals surface area contributed by atoms with Crippen LogP contribution in [0.3, 0.4) is 0 Å². The number of hydrogen-bond donors (Lipinski definition) is 1. The number of hydrogen-bond acceptors (Lipinski definition) is 2. The van der Waals surface area contributed by atoms with Crippen LogP contribution in [0.5, 0.6) is 0 Å². The van der Waals surface area contributed by atoms with Crippen molar-refractivity contribution in [3.05, 3.63) is 35.1 Å². The van der Waals surface area contributed by atoms with E-state index in [1.54, 1.807) is 0 Å².